The second-order valence-electron chi connectivity index (χ2n) is 4.34. The lowest BCUT2D eigenvalue weighted by Crippen LogP contribution is -1.99. The fourth-order valence-corrected chi connectivity index (χ4v) is 1.93. The Bertz CT molecular complexity index is 584. The Hall–Kier alpha value is -1.68. The van der Waals surface area contributed by atoms with E-state index in [-0.39, 0.29) is 5.82 Å². The molecule has 1 aliphatic carbocycles. The highest BCUT2D eigenvalue weighted by atomic mass is 35.5. The molecule has 1 N–H and O–H groups in total. The van der Waals surface area contributed by atoms with Crippen molar-refractivity contribution >= 4 is 23.1 Å². The molecular formula is C13H11ClFN3. The van der Waals surface area contributed by atoms with Crippen molar-refractivity contribution in [1.29, 1.82) is 0 Å². The molecule has 1 fully saturated rings. The van der Waals surface area contributed by atoms with E-state index in [2.05, 4.69) is 15.3 Å². The third-order valence-corrected chi connectivity index (χ3v) is 2.95. The number of aromatic nitrogens is 2. The van der Waals surface area contributed by atoms with Crippen molar-refractivity contribution in [2.45, 2.75) is 18.8 Å². The maximum atomic E-state index is 13.1. The number of benzene rings is 1. The summed E-state index contributed by atoms with van der Waals surface area (Å²) in [5.41, 5.74) is 0.645. The Labute approximate surface area is 109 Å². The molecule has 18 heavy (non-hydrogen) atoms. The van der Waals surface area contributed by atoms with Gasteiger partial charge in [0.1, 0.15) is 22.6 Å². The zero-order chi connectivity index (χ0) is 12.5. The van der Waals surface area contributed by atoms with Gasteiger partial charge in [0, 0.05) is 17.7 Å². The minimum atomic E-state index is -0.289. The highest BCUT2D eigenvalue weighted by molar-refractivity contribution is 6.29. The molecule has 3 rings (SSSR count). The van der Waals surface area contributed by atoms with Crippen LogP contribution in [0.4, 0.5) is 15.9 Å². The number of halogens is 2. The van der Waals surface area contributed by atoms with Gasteiger partial charge in [0.05, 0.1) is 0 Å². The van der Waals surface area contributed by atoms with Gasteiger partial charge in [-0.05, 0) is 31.0 Å². The van der Waals surface area contributed by atoms with Gasteiger partial charge < -0.3 is 5.32 Å². The summed E-state index contributed by atoms with van der Waals surface area (Å²) in [6, 6.07) is 7.86. The Morgan fingerprint density at radius 3 is 2.78 bits per heavy atom. The predicted octanol–water partition coefficient (Wildman–Crippen LogP) is 3.89. The predicted molar refractivity (Wildman–Crippen MR) is 68.7 cm³/mol. The lowest BCUT2D eigenvalue weighted by Gasteiger charge is -2.07. The van der Waals surface area contributed by atoms with Crippen molar-refractivity contribution < 1.29 is 4.39 Å². The van der Waals surface area contributed by atoms with Crippen LogP contribution in [0.3, 0.4) is 0 Å². The van der Waals surface area contributed by atoms with E-state index in [9.17, 15) is 4.39 Å². The molecule has 2 aromatic rings. The van der Waals surface area contributed by atoms with Crippen LogP contribution in [-0.4, -0.2) is 9.97 Å². The van der Waals surface area contributed by atoms with Crippen LogP contribution in [0.15, 0.2) is 30.3 Å². The van der Waals surface area contributed by atoms with Crippen LogP contribution in [0.5, 0.6) is 0 Å². The van der Waals surface area contributed by atoms with Gasteiger partial charge in [-0.3, -0.25) is 0 Å². The molecule has 0 spiro atoms. The molecule has 5 heteroatoms. The Balaban J connectivity index is 1.87. The number of nitrogens with one attached hydrogen (secondary N) is 1. The first kappa shape index (κ1) is 11.4. The second kappa shape index (κ2) is 4.53. The number of rotatable bonds is 3. The lowest BCUT2D eigenvalue weighted by molar-refractivity contribution is 0.628. The van der Waals surface area contributed by atoms with Crippen LogP contribution in [0, 0.1) is 5.82 Å². The van der Waals surface area contributed by atoms with E-state index >= 15 is 0 Å². The summed E-state index contributed by atoms with van der Waals surface area (Å²) in [5, 5.41) is 3.44. The second-order valence-corrected chi connectivity index (χ2v) is 4.73. The molecule has 1 aliphatic rings. The van der Waals surface area contributed by atoms with Crippen LogP contribution >= 0.6 is 11.6 Å². The van der Waals surface area contributed by atoms with Crippen molar-refractivity contribution in [3.05, 3.63) is 47.1 Å². The SMILES string of the molecule is Fc1cccc(Nc2cc(Cl)nc(C3CC3)n2)c1. The van der Waals surface area contributed by atoms with E-state index < -0.39 is 0 Å². The summed E-state index contributed by atoms with van der Waals surface area (Å²) in [5.74, 6) is 1.50. The van der Waals surface area contributed by atoms with Crippen LogP contribution < -0.4 is 5.32 Å². The van der Waals surface area contributed by atoms with Gasteiger partial charge in [-0.15, -0.1) is 0 Å². The minimum absolute atomic E-state index is 0.289. The van der Waals surface area contributed by atoms with Gasteiger partial charge in [-0.1, -0.05) is 17.7 Å². The molecule has 0 saturated heterocycles. The number of nitrogens with zero attached hydrogens (tertiary/aromatic N) is 2. The summed E-state index contributed by atoms with van der Waals surface area (Å²) in [6.07, 6.45) is 2.22. The zero-order valence-corrected chi connectivity index (χ0v) is 10.3. The summed E-state index contributed by atoms with van der Waals surface area (Å²) in [4.78, 5) is 8.59. The van der Waals surface area contributed by atoms with Crippen molar-refractivity contribution in [1.82, 2.24) is 9.97 Å². The average molecular weight is 264 g/mol. The van der Waals surface area contributed by atoms with Gasteiger partial charge >= 0.3 is 0 Å². The standard InChI is InChI=1S/C13H11ClFN3/c14-11-7-12(18-13(17-11)8-4-5-8)16-10-3-1-2-9(15)6-10/h1-3,6-8H,4-5H2,(H,16,17,18). The maximum Gasteiger partial charge on any atom is 0.135 e. The molecule has 0 amide bonds. The number of hydrogen-bond acceptors (Lipinski definition) is 3. The third-order valence-electron chi connectivity index (χ3n) is 2.75. The first-order chi connectivity index (χ1) is 8.70. The summed E-state index contributed by atoms with van der Waals surface area (Å²) in [7, 11) is 0. The van der Waals surface area contributed by atoms with E-state index in [0.717, 1.165) is 18.7 Å². The molecule has 1 saturated carbocycles. The summed E-state index contributed by atoms with van der Waals surface area (Å²) < 4.78 is 13.1. The normalized spacial score (nSPS) is 14.6. The first-order valence-corrected chi connectivity index (χ1v) is 6.15. The quantitative estimate of drug-likeness (QED) is 0.854. The molecule has 3 nitrogen and oxygen atoms in total. The van der Waals surface area contributed by atoms with E-state index in [1.165, 1.54) is 12.1 Å². The maximum absolute atomic E-state index is 13.1. The van der Waals surface area contributed by atoms with Crippen molar-refractivity contribution in [2.24, 2.45) is 0 Å². The summed E-state index contributed by atoms with van der Waals surface area (Å²) in [6.45, 7) is 0. The Morgan fingerprint density at radius 1 is 1.22 bits per heavy atom. The van der Waals surface area contributed by atoms with Gasteiger partial charge in [-0.2, -0.15) is 0 Å². The minimum Gasteiger partial charge on any atom is -0.340 e. The van der Waals surface area contributed by atoms with Crippen LogP contribution in [0.2, 0.25) is 5.15 Å². The van der Waals surface area contributed by atoms with E-state index in [1.54, 1.807) is 18.2 Å². The van der Waals surface area contributed by atoms with Gasteiger partial charge in [0.2, 0.25) is 0 Å². The van der Waals surface area contributed by atoms with Crippen molar-refractivity contribution in [3.8, 4) is 0 Å². The fourth-order valence-electron chi connectivity index (χ4n) is 1.74. The van der Waals surface area contributed by atoms with Crippen LogP contribution in [-0.2, 0) is 0 Å². The van der Waals surface area contributed by atoms with Gasteiger partial charge in [0.25, 0.3) is 0 Å². The number of hydrogen-bond donors (Lipinski definition) is 1. The van der Waals surface area contributed by atoms with Gasteiger partial charge in [-0.25, -0.2) is 14.4 Å². The highest BCUT2D eigenvalue weighted by Gasteiger charge is 2.27. The van der Waals surface area contributed by atoms with E-state index in [1.807, 2.05) is 0 Å². The molecule has 1 heterocycles. The van der Waals surface area contributed by atoms with Crippen LogP contribution in [0.25, 0.3) is 0 Å². The van der Waals surface area contributed by atoms with E-state index in [4.69, 9.17) is 11.6 Å². The average Bonchev–Trinajstić information content (AvgIpc) is 3.11. The molecule has 0 radical (unpaired) electrons. The zero-order valence-electron chi connectivity index (χ0n) is 9.53. The molecular weight excluding hydrogens is 253 g/mol. The molecule has 0 bridgehead atoms. The van der Waals surface area contributed by atoms with Gasteiger partial charge in [0.15, 0.2) is 0 Å². The molecule has 92 valence electrons. The molecule has 0 atom stereocenters. The summed E-state index contributed by atoms with van der Waals surface area (Å²) >= 11 is 5.95. The monoisotopic (exact) mass is 263 g/mol. The van der Waals surface area contributed by atoms with Crippen molar-refractivity contribution in [3.63, 3.8) is 0 Å². The lowest BCUT2D eigenvalue weighted by atomic mass is 10.3. The Kier molecular flexibility index (Phi) is 2.88. The fraction of sp³-hybridized carbons (Fsp3) is 0.231. The largest absolute Gasteiger partial charge is 0.340 e. The van der Waals surface area contributed by atoms with Crippen molar-refractivity contribution in [2.75, 3.05) is 5.32 Å². The smallest absolute Gasteiger partial charge is 0.135 e. The molecule has 0 aliphatic heterocycles. The first-order valence-electron chi connectivity index (χ1n) is 5.78. The molecule has 0 unspecified atom stereocenters. The third kappa shape index (κ3) is 2.59. The van der Waals surface area contributed by atoms with E-state index in [0.29, 0.717) is 22.6 Å². The van der Waals surface area contributed by atoms with Crippen LogP contribution in [0.1, 0.15) is 24.6 Å². The highest BCUT2D eigenvalue weighted by Crippen LogP contribution is 2.38. The number of anilines is 2. The molecule has 1 aromatic heterocycles. The topological polar surface area (TPSA) is 37.8 Å². The Morgan fingerprint density at radius 2 is 2.06 bits per heavy atom. The molecule has 1 aromatic carbocycles.